The quantitative estimate of drug-likeness (QED) is 0.0262. The van der Waals surface area contributed by atoms with Crippen LogP contribution >= 0.6 is 0 Å². The average molecular weight is 869 g/mol. The number of ether oxygens (including phenoxy) is 3. The van der Waals surface area contributed by atoms with Crippen LogP contribution in [0.3, 0.4) is 0 Å². The summed E-state index contributed by atoms with van der Waals surface area (Å²) in [5.41, 5.74) is 0. The molecule has 0 aromatic heterocycles. The Morgan fingerprint density at radius 2 is 0.645 bits per heavy atom. The van der Waals surface area contributed by atoms with Gasteiger partial charge < -0.3 is 14.2 Å². The number of hydrogen-bond acceptors (Lipinski definition) is 6. The van der Waals surface area contributed by atoms with E-state index in [0.29, 0.717) is 19.3 Å². The van der Waals surface area contributed by atoms with Crippen molar-refractivity contribution in [2.45, 2.75) is 277 Å². The Morgan fingerprint density at radius 3 is 1.05 bits per heavy atom. The van der Waals surface area contributed by atoms with E-state index in [1.807, 2.05) is 0 Å². The summed E-state index contributed by atoms with van der Waals surface area (Å²) in [7, 11) is 0. The molecule has 0 aliphatic carbocycles. The van der Waals surface area contributed by atoms with Crippen LogP contribution in [0.5, 0.6) is 0 Å². The van der Waals surface area contributed by atoms with E-state index in [0.717, 1.165) is 109 Å². The van der Waals surface area contributed by atoms with Crippen molar-refractivity contribution in [2.75, 3.05) is 13.2 Å². The Bertz CT molecular complexity index is 1090. The number of allylic oxidation sites excluding steroid dienone is 8. The van der Waals surface area contributed by atoms with Gasteiger partial charge in [0.05, 0.1) is 0 Å². The van der Waals surface area contributed by atoms with Crippen LogP contribution in [-0.4, -0.2) is 37.2 Å². The second-order valence-electron chi connectivity index (χ2n) is 17.8. The van der Waals surface area contributed by atoms with Crippen molar-refractivity contribution >= 4 is 17.9 Å². The molecule has 0 amide bonds. The molecule has 0 heterocycles. The summed E-state index contributed by atoms with van der Waals surface area (Å²) in [4.78, 5) is 38.0. The van der Waals surface area contributed by atoms with Crippen LogP contribution in [0.1, 0.15) is 271 Å². The van der Waals surface area contributed by atoms with E-state index in [9.17, 15) is 14.4 Å². The molecule has 0 saturated heterocycles. The summed E-state index contributed by atoms with van der Waals surface area (Å²) in [6.45, 7) is 6.49. The monoisotopic (exact) mass is 869 g/mol. The lowest BCUT2D eigenvalue weighted by molar-refractivity contribution is -0.167. The summed E-state index contributed by atoms with van der Waals surface area (Å²) in [5.74, 6) is -0.898. The molecule has 6 nitrogen and oxygen atoms in total. The third-order valence-corrected chi connectivity index (χ3v) is 11.6. The second-order valence-corrected chi connectivity index (χ2v) is 17.8. The van der Waals surface area contributed by atoms with Crippen molar-refractivity contribution in [1.29, 1.82) is 0 Å². The maximum atomic E-state index is 12.8. The molecule has 62 heavy (non-hydrogen) atoms. The molecule has 6 heteroatoms. The molecule has 1 unspecified atom stereocenters. The normalized spacial score (nSPS) is 12.4. The largest absolute Gasteiger partial charge is 0.462 e. The van der Waals surface area contributed by atoms with Gasteiger partial charge in [-0.1, -0.05) is 230 Å². The zero-order chi connectivity index (χ0) is 45.1. The Balaban J connectivity index is 4.32. The first kappa shape index (κ1) is 59.4. The number of hydrogen-bond donors (Lipinski definition) is 0. The fourth-order valence-corrected chi connectivity index (χ4v) is 7.56. The minimum absolute atomic E-state index is 0.0797. The summed E-state index contributed by atoms with van der Waals surface area (Å²) < 4.78 is 16.8. The molecule has 0 fully saturated rings. The van der Waals surface area contributed by atoms with Crippen LogP contribution in [0.15, 0.2) is 48.6 Å². The van der Waals surface area contributed by atoms with Gasteiger partial charge in [0.1, 0.15) is 13.2 Å². The predicted molar refractivity (Wildman–Crippen MR) is 265 cm³/mol. The van der Waals surface area contributed by atoms with Crippen LogP contribution in [-0.2, 0) is 28.6 Å². The predicted octanol–water partition coefficient (Wildman–Crippen LogP) is 17.5. The van der Waals surface area contributed by atoms with Crippen LogP contribution in [0.2, 0.25) is 0 Å². The molecule has 360 valence electrons. The van der Waals surface area contributed by atoms with Crippen molar-refractivity contribution in [2.24, 2.45) is 0 Å². The highest BCUT2D eigenvalue weighted by atomic mass is 16.6. The smallest absolute Gasteiger partial charge is 0.306 e. The summed E-state index contributed by atoms with van der Waals surface area (Å²) >= 11 is 0. The lowest BCUT2D eigenvalue weighted by Gasteiger charge is -2.18. The molecule has 0 rings (SSSR count). The third-order valence-electron chi connectivity index (χ3n) is 11.6. The highest BCUT2D eigenvalue weighted by Crippen LogP contribution is 2.16. The van der Waals surface area contributed by atoms with Gasteiger partial charge in [-0.25, -0.2) is 0 Å². The van der Waals surface area contributed by atoms with E-state index >= 15 is 0 Å². The Labute approximate surface area is 384 Å². The van der Waals surface area contributed by atoms with Crippen LogP contribution in [0.25, 0.3) is 0 Å². The first-order chi connectivity index (χ1) is 30.5. The molecule has 0 aromatic rings. The Kier molecular flexibility index (Phi) is 48.8. The molecule has 0 N–H and O–H groups in total. The molecular formula is C56H100O6. The Morgan fingerprint density at radius 1 is 0.339 bits per heavy atom. The van der Waals surface area contributed by atoms with E-state index in [-0.39, 0.29) is 31.1 Å². The maximum Gasteiger partial charge on any atom is 0.306 e. The van der Waals surface area contributed by atoms with Gasteiger partial charge in [-0.3, -0.25) is 14.4 Å². The van der Waals surface area contributed by atoms with Gasteiger partial charge in [0.25, 0.3) is 0 Å². The number of carbonyl (C=O) groups excluding carboxylic acids is 3. The molecule has 0 radical (unpaired) electrons. The third kappa shape index (κ3) is 48.4. The van der Waals surface area contributed by atoms with Crippen molar-refractivity contribution in [3.63, 3.8) is 0 Å². The summed E-state index contributed by atoms with van der Waals surface area (Å²) in [5, 5.41) is 0. The fraction of sp³-hybridized carbons (Fsp3) is 0.804. The van der Waals surface area contributed by atoms with E-state index in [4.69, 9.17) is 14.2 Å². The van der Waals surface area contributed by atoms with Crippen molar-refractivity contribution in [3.8, 4) is 0 Å². The minimum Gasteiger partial charge on any atom is -0.462 e. The molecule has 0 spiro atoms. The molecule has 1 atom stereocenters. The average Bonchev–Trinajstić information content (AvgIpc) is 3.27. The van der Waals surface area contributed by atoms with Gasteiger partial charge in [-0.2, -0.15) is 0 Å². The number of esters is 3. The first-order valence-corrected chi connectivity index (χ1v) is 26.6. The van der Waals surface area contributed by atoms with Crippen LogP contribution < -0.4 is 0 Å². The topological polar surface area (TPSA) is 78.9 Å². The van der Waals surface area contributed by atoms with Gasteiger partial charge in [0, 0.05) is 19.3 Å². The van der Waals surface area contributed by atoms with Crippen LogP contribution in [0.4, 0.5) is 0 Å². The van der Waals surface area contributed by atoms with E-state index in [1.165, 1.54) is 122 Å². The van der Waals surface area contributed by atoms with Crippen LogP contribution in [0, 0.1) is 0 Å². The SMILES string of the molecule is CC/C=C\C/C=C\C/C=C\CCCCCCCCC(=O)OC(COC(=O)CCCCCC/C=C\CCCC)COC(=O)CCCCCCCCCCCCCCCCCCCC. The van der Waals surface area contributed by atoms with Gasteiger partial charge in [-0.15, -0.1) is 0 Å². The van der Waals surface area contributed by atoms with Gasteiger partial charge in [0.2, 0.25) is 0 Å². The lowest BCUT2D eigenvalue weighted by atomic mass is 10.0. The maximum absolute atomic E-state index is 12.8. The highest BCUT2D eigenvalue weighted by Gasteiger charge is 2.19. The number of carbonyl (C=O) groups is 3. The summed E-state index contributed by atoms with van der Waals surface area (Å²) in [6.07, 6.45) is 61.0. The van der Waals surface area contributed by atoms with E-state index < -0.39 is 6.10 Å². The second kappa shape index (κ2) is 51.0. The van der Waals surface area contributed by atoms with E-state index in [1.54, 1.807) is 0 Å². The van der Waals surface area contributed by atoms with Crippen molar-refractivity contribution in [1.82, 2.24) is 0 Å². The van der Waals surface area contributed by atoms with Crippen molar-refractivity contribution < 1.29 is 28.6 Å². The van der Waals surface area contributed by atoms with E-state index in [2.05, 4.69) is 69.4 Å². The standard InChI is InChI=1S/C56H100O6/c1-4-7-10-13-16-19-22-24-26-28-29-31-32-34-37-40-43-46-49-55(58)61-52-53(51-60-54(57)48-45-42-39-36-21-18-15-12-9-6-3)62-56(59)50-47-44-41-38-35-33-30-27-25-23-20-17-14-11-8-5-2/h8,11,15,17-18,20,25,27,53H,4-7,9-10,12-14,16,19,21-24,26,28-52H2,1-3H3/b11-8-,18-15-,20-17-,27-25-. The minimum atomic E-state index is -0.781. The molecule has 0 bridgehead atoms. The zero-order valence-corrected chi connectivity index (χ0v) is 41.1. The Hall–Kier alpha value is -2.63. The highest BCUT2D eigenvalue weighted by molar-refractivity contribution is 5.71. The molecule has 0 aromatic carbocycles. The fourth-order valence-electron chi connectivity index (χ4n) is 7.56. The molecular weight excluding hydrogens is 769 g/mol. The summed E-state index contributed by atoms with van der Waals surface area (Å²) in [6, 6.07) is 0. The first-order valence-electron chi connectivity index (χ1n) is 26.6. The number of unbranched alkanes of at least 4 members (excludes halogenated alkanes) is 29. The van der Waals surface area contributed by atoms with Crippen molar-refractivity contribution in [3.05, 3.63) is 48.6 Å². The molecule has 0 saturated carbocycles. The van der Waals surface area contributed by atoms with Gasteiger partial charge >= 0.3 is 17.9 Å². The molecule has 0 aliphatic heterocycles. The number of rotatable bonds is 48. The van der Waals surface area contributed by atoms with Gasteiger partial charge in [-0.05, 0) is 70.6 Å². The lowest BCUT2D eigenvalue weighted by Crippen LogP contribution is -2.30. The molecule has 0 aliphatic rings. The zero-order valence-electron chi connectivity index (χ0n) is 41.1. The van der Waals surface area contributed by atoms with Gasteiger partial charge in [0.15, 0.2) is 6.10 Å².